The highest BCUT2D eigenvalue weighted by atomic mass is 32.1. The molecule has 0 unspecified atom stereocenters. The molecule has 10 heteroatoms. The smallest absolute Gasteiger partial charge is 0.355 e. The van der Waals surface area contributed by atoms with E-state index < -0.39 is 11.4 Å². The van der Waals surface area contributed by atoms with Crippen molar-refractivity contribution in [2.45, 2.75) is 58.9 Å². The van der Waals surface area contributed by atoms with Crippen LogP contribution < -0.4 is 15.0 Å². The number of carboxylic acid groups (broad SMARTS) is 1. The van der Waals surface area contributed by atoms with Crippen molar-refractivity contribution >= 4 is 50.7 Å². The molecular formula is C43H40N4O5S. The number of benzene rings is 4. The molecule has 0 fully saturated rings. The number of carboxylic acids is 1. The maximum absolute atomic E-state index is 13.7. The van der Waals surface area contributed by atoms with E-state index in [1.54, 1.807) is 0 Å². The van der Waals surface area contributed by atoms with E-state index in [0.29, 0.717) is 65.9 Å². The number of anilines is 2. The van der Waals surface area contributed by atoms with Crippen LogP contribution in [0.15, 0.2) is 91.0 Å². The number of nitrogens with zero attached hydrogens (tertiary/aromatic N) is 3. The molecule has 4 aromatic carbocycles. The quantitative estimate of drug-likeness (QED) is 0.134. The summed E-state index contributed by atoms with van der Waals surface area (Å²) in [7, 11) is 0. The molecule has 0 spiro atoms. The van der Waals surface area contributed by atoms with E-state index in [1.165, 1.54) is 11.3 Å². The van der Waals surface area contributed by atoms with Gasteiger partial charge < -0.3 is 19.5 Å². The Morgan fingerprint density at radius 1 is 0.981 bits per heavy atom. The number of rotatable bonds is 10. The Hall–Kier alpha value is -5.87. The van der Waals surface area contributed by atoms with E-state index in [4.69, 9.17) is 9.72 Å². The zero-order valence-corrected chi connectivity index (χ0v) is 30.9. The van der Waals surface area contributed by atoms with Crippen molar-refractivity contribution in [3.05, 3.63) is 130 Å². The number of hydrogen-bond donors (Lipinski definition) is 2. The van der Waals surface area contributed by atoms with Crippen LogP contribution in [0.5, 0.6) is 11.5 Å². The lowest BCUT2D eigenvalue weighted by Gasteiger charge is -2.33. The van der Waals surface area contributed by atoms with Crippen LogP contribution in [-0.2, 0) is 29.6 Å². The summed E-state index contributed by atoms with van der Waals surface area (Å²) in [5.41, 5.74) is 6.81. The first kappa shape index (κ1) is 35.5. The minimum Gasteiger partial charge on any atom is -0.476 e. The normalized spacial score (nSPS) is 12.7. The average Bonchev–Trinajstić information content (AvgIpc) is 3.56. The molecule has 2 N–H and O–H groups in total. The predicted molar refractivity (Wildman–Crippen MR) is 210 cm³/mol. The maximum atomic E-state index is 13.7. The van der Waals surface area contributed by atoms with Gasteiger partial charge in [0, 0.05) is 30.6 Å². The Labute approximate surface area is 312 Å². The van der Waals surface area contributed by atoms with Gasteiger partial charge in [0.2, 0.25) is 0 Å². The van der Waals surface area contributed by atoms with E-state index in [2.05, 4.69) is 36.0 Å². The van der Waals surface area contributed by atoms with Crippen LogP contribution in [0.3, 0.4) is 0 Å². The second-order valence-electron chi connectivity index (χ2n) is 14.2. The minimum atomic E-state index is -1.13. The summed E-state index contributed by atoms with van der Waals surface area (Å²) in [4.78, 5) is 49.0. The van der Waals surface area contributed by atoms with Crippen LogP contribution >= 0.6 is 11.3 Å². The number of hydrogen-bond acceptors (Lipinski definition) is 8. The number of fused-ring (bicyclic) bond motifs is 2. The molecule has 0 radical (unpaired) electrons. The van der Waals surface area contributed by atoms with Gasteiger partial charge in [-0.1, -0.05) is 80.6 Å². The Bertz CT molecular complexity index is 2330. The minimum absolute atomic E-state index is 0.0418. The van der Waals surface area contributed by atoms with Gasteiger partial charge >= 0.3 is 5.97 Å². The Kier molecular flexibility index (Phi) is 9.81. The number of pyridine rings is 1. The zero-order chi connectivity index (χ0) is 37.3. The number of para-hydroxylation sites is 1. The van der Waals surface area contributed by atoms with E-state index >= 15 is 0 Å². The molecule has 0 atom stereocenters. The monoisotopic (exact) mass is 724 g/mol. The molecule has 53 heavy (non-hydrogen) atoms. The number of nitrogens with one attached hydrogen (secondary N) is 1. The highest BCUT2D eigenvalue weighted by Crippen LogP contribution is 2.42. The molecule has 0 aliphatic carbocycles. The number of aryl methyl sites for hydroxylation is 1. The van der Waals surface area contributed by atoms with Crippen LogP contribution in [-0.4, -0.2) is 39.8 Å². The summed E-state index contributed by atoms with van der Waals surface area (Å²) < 4.78 is 7.31. The van der Waals surface area contributed by atoms with Crippen LogP contribution in [0.1, 0.15) is 75.9 Å². The molecule has 9 nitrogen and oxygen atoms in total. The zero-order valence-electron chi connectivity index (χ0n) is 30.1. The molecule has 268 valence electrons. The highest BCUT2D eigenvalue weighted by molar-refractivity contribution is 7.22. The Balaban J connectivity index is 1.22. The van der Waals surface area contributed by atoms with Crippen molar-refractivity contribution in [3.8, 4) is 22.6 Å². The number of aromatic nitrogens is 2. The third kappa shape index (κ3) is 7.41. The van der Waals surface area contributed by atoms with Crippen molar-refractivity contribution in [3.63, 3.8) is 0 Å². The van der Waals surface area contributed by atoms with Gasteiger partial charge in [0.05, 0.1) is 10.2 Å². The van der Waals surface area contributed by atoms with Gasteiger partial charge in [0.25, 0.3) is 5.91 Å². The largest absolute Gasteiger partial charge is 0.476 e. The Morgan fingerprint density at radius 3 is 2.49 bits per heavy atom. The van der Waals surface area contributed by atoms with Gasteiger partial charge in [-0.2, -0.15) is 0 Å². The summed E-state index contributed by atoms with van der Waals surface area (Å²) in [6, 6.07) is 28.8. The van der Waals surface area contributed by atoms with Crippen LogP contribution in [0.25, 0.3) is 21.3 Å². The van der Waals surface area contributed by atoms with Gasteiger partial charge in [-0.15, -0.1) is 0 Å². The third-order valence-electron chi connectivity index (χ3n) is 9.63. The third-order valence-corrected chi connectivity index (χ3v) is 10.6. The highest BCUT2D eigenvalue weighted by Gasteiger charge is 2.31. The molecule has 6 aromatic rings. The first-order valence-corrected chi connectivity index (χ1v) is 18.4. The topological polar surface area (TPSA) is 122 Å². The Morgan fingerprint density at radius 2 is 1.75 bits per heavy atom. The fraction of sp³-hybridized carbons (Fsp3) is 0.233. The van der Waals surface area contributed by atoms with Crippen molar-refractivity contribution in [1.29, 1.82) is 0 Å². The van der Waals surface area contributed by atoms with Gasteiger partial charge in [0.1, 0.15) is 23.6 Å². The number of aromatic carboxylic acids is 1. The van der Waals surface area contributed by atoms with Crippen LogP contribution in [0, 0.1) is 6.92 Å². The van der Waals surface area contributed by atoms with Gasteiger partial charge in [0.15, 0.2) is 10.8 Å². The summed E-state index contributed by atoms with van der Waals surface area (Å²) in [6.07, 6.45) is 2.71. The fourth-order valence-corrected chi connectivity index (χ4v) is 7.73. The molecule has 0 saturated heterocycles. The van der Waals surface area contributed by atoms with Crippen molar-refractivity contribution in [2.24, 2.45) is 0 Å². The first-order valence-electron chi connectivity index (χ1n) is 17.6. The summed E-state index contributed by atoms with van der Waals surface area (Å²) in [5, 5.41) is 14.2. The summed E-state index contributed by atoms with van der Waals surface area (Å²) in [5.74, 6) is 0.425. The van der Waals surface area contributed by atoms with E-state index in [-0.39, 0.29) is 11.6 Å². The van der Waals surface area contributed by atoms with Crippen molar-refractivity contribution < 1.29 is 24.2 Å². The van der Waals surface area contributed by atoms with E-state index in [0.717, 1.165) is 49.9 Å². The lowest BCUT2D eigenvalue weighted by molar-refractivity contribution is -0.107. The van der Waals surface area contributed by atoms with E-state index in [1.807, 2.05) is 97.9 Å². The van der Waals surface area contributed by atoms with Crippen LogP contribution in [0.2, 0.25) is 0 Å². The standard InChI is InChI=1S/C43H40N4O5S/c1-26-30(12-8-15-35(26)52-29-19-17-27(18-20-29)10-9-23-48)38-33(43(2,3)4)24-37(45-39(38)41(50)51)47-22-21-28-11-7-13-31(32(28)25-47)40(49)46-42-44-34-14-5-6-16-36(34)53-42/h5-8,11-20,23-24H,9-10,21-22,25H2,1-4H3,(H,50,51)(H,44,46,49). The van der Waals surface area contributed by atoms with Gasteiger partial charge in [-0.3, -0.25) is 10.1 Å². The fourth-order valence-electron chi connectivity index (χ4n) is 6.86. The molecule has 1 aliphatic heterocycles. The molecule has 0 saturated carbocycles. The van der Waals surface area contributed by atoms with Crippen LogP contribution in [0.4, 0.5) is 10.9 Å². The summed E-state index contributed by atoms with van der Waals surface area (Å²) in [6.45, 7) is 9.14. The number of amides is 1. The lowest BCUT2D eigenvalue weighted by atomic mass is 9.80. The molecule has 0 bridgehead atoms. The molecule has 7 rings (SSSR count). The SMILES string of the molecule is Cc1c(Oc2ccc(CCC=O)cc2)cccc1-c1c(C(C)(C)C)cc(N2CCc3cccc(C(=O)Nc4nc5ccccc5s4)c3C2)nc1C(=O)O. The lowest BCUT2D eigenvalue weighted by Crippen LogP contribution is -2.33. The van der Waals surface area contributed by atoms with E-state index in [9.17, 15) is 19.5 Å². The van der Waals surface area contributed by atoms with Crippen molar-refractivity contribution in [1.82, 2.24) is 9.97 Å². The molecule has 3 heterocycles. The first-order chi connectivity index (χ1) is 25.5. The number of ether oxygens (including phenoxy) is 1. The van der Waals surface area contributed by atoms with Crippen molar-refractivity contribution in [2.75, 3.05) is 16.8 Å². The maximum Gasteiger partial charge on any atom is 0.355 e. The molecule has 1 aliphatic rings. The number of aldehydes is 1. The van der Waals surface area contributed by atoms with Gasteiger partial charge in [-0.05, 0) is 101 Å². The molecular weight excluding hydrogens is 685 g/mol. The average molecular weight is 725 g/mol. The second kappa shape index (κ2) is 14.6. The number of carbonyl (C=O) groups excluding carboxylic acids is 2. The predicted octanol–water partition coefficient (Wildman–Crippen LogP) is 9.40. The number of carbonyl (C=O) groups is 3. The molecule has 1 amide bonds. The van der Waals surface area contributed by atoms with Gasteiger partial charge in [-0.25, -0.2) is 14.8 Å². The molecule has 2 aromatic heterocycles. The second-order valence-corrected chi connectivity index (χ2v) is 15.3. The summed E-state index contributed by atoms with van der Waals surface area (Å²) >= 11 is 1.43. The number of thiazole rings is 1.